The molecular weight excluding hydrogens is 132 g/mol. The number of hydrogen-bond donors (Lipinski definition) is 2. The fourth-order valence-electron chi connectivity index (χ4n) is 0.608. The van der Waals surface area contributed by atoms with Gasteiger partial charge in [0.15, 0.2) is 11.6 Å². The van der Waals surface area contributed by atoms with Crippen LogP contribution >= 0.6 is 0 Å². The predicted octanol–water partition coefficient (Wildman–Crippen LogP) is 0.378. The lowest BCUT2D eigenvalue weighted by Crippen LogP contribution is -1.94. The van der Waals surface area contributed by atoms with Gasteiger partial charge in [0.05, 0.1) is 13.3 Å². The summed E-state index contributed by atoms with van der Waals surface area (Å²) in [6.45, 7) is 0. The first-order chi connectivity index (χ1) is 4.74. The van der Waals surface area contributed by atoms with E-state index in [9.17, 15) is 0 Å². The van der Waals surface area contributed by atoms with Crippen molar-refractivity contribution in [1.29, 1.82) is 0 Å². The van der Waals surface area contributed by atoms with Gasteiger partial charge < -0.3 is 15.6 Å². The molecule has 1 heterocycles. The van der Waals surface area contributed by atoms with Crippen LogP contribution in [-0.2, 0) is 0 Å². The number of rotatable bonds is 1. The fraction of sp³-hybridized carbons (Fsp3) is 0.167. The highest BCUT2D eigenvalue weighted by Crippen LogP contribution is 2.21. The molecule has 3 N–H and O–H groups in total. The third kappa shape index (κ3) is 1.10. The van der Waals surface area contributed by atoms with E-state index in [1.165, 1.54) is 19.4 Å². The highest BCUT2D eigenvalue weighted by Gasteiger charge is 1.99. The number of ether oxygens (including phenoxy) is 1. The molecule has 0 bridgehead atoms. The second-order valence-corrected chi connectivity index (χ2v) is 1.78. The van der Waals surface area contributed by atoms with Crippen LogP contribution in [0.5, 0.6) is 11.5 Å². The molecule has 4 heteroatoms. The number of aromatic nitrogens is 1. The predicted molar refractivity (Wildman–Crippen MR) is 36.9 cm³/mol. The van der Waals surface area contributed by atoms with Crippen molar-refractivity contribution in [2.75, 3.05) is 12.8 Å². The number of nitrogens with two attached hydrogens (primary N) is 1. The van der Waals surface area contributed by atoms with E-state index in [4.69, 9.17) is 15.6 Å². The van der Waals surface area contributed by atoms with Gasteiger partial charge in [-0.1, -0.05) is 0 Å². The van der Waals surface area contributed by atoms with Crippen LogP contribution in [0.4, 0.5) is 5.82 Å². The van der Waals surface area contributed by atoms with Crippen LogP contribution in [0.15, 0.2) is 12.3 Å². The first-order valence-corrected chi connectivity index (χ1v) is 2.72. The van der Waals surface area contributed by atoms with E-state index >= 15 is 0 Å². The SMILES string of the molecule is COc1cc(O)cnc1N. The van der Waals surface area contributed by atoms with Gasteiger partial charge >= 0.3 is 0 Å². The van der Waals surface area contributed by atoms with Crippen molar-refractivity contribution in [2.24, 2.45) is 0 Å². The topological polar surface area (TPSA) is 68.4 Å². The van der Waals surface area contributed by atoms with E-state index in [1.54, 1.807) is 0 Å². The maximum Gasteiger partial charge on any atom is 0.166 e. The van der Waals surface area contributed by atoms with Gasteiger partial charge in [0, 0.05) is 6.07 Å². The lowest BCUT2D eigenvalue weighted by atomic mass is 10.4. The smallest absolute Gasteiger partial charge is 0.166 e. The Bertz CT molecular complexity index is 237. The van der Waals surface area contributed by atoms with Gasteiger partial charge in [-0.15, -0.1) is 0 Å². The Labute approximate surface area is 58.3 Å². The van der Waals surface area contributed by atoms with Crippen LogP contribution in [0.3, 0.4) is 0 Å². The van der Waals surface area contributed by atoms with Crippen LogP contribution in [0, 0.1) is 0 Å². The molecule has 0 saturated heterocycles. The number of methoxy groups -OCH3 is 1. The molecule has 0 amide bonds. The van der Waals surface area contributed by atoms with Gasteiger partial charge in [0.1, 0.15) is 5.75 Å². The molecule has 1 rings (SSSR count). The van der Waals surface area contributed by atoms with E-state index in [0.717, 1.165) is 0 Å². The molecule has 0 spiro atoms. The molecule has 4 nitrogen and oxygen atoms in total. The standard InChI is InChI=1S/C6H8N2O2/c1-10-5-2-4(9)3-8-6(5)7/h2-3,9H,1H3,(H2,7,8). The molecule has 1 aromatic heterocycles. The van der Waals surface area contributed by atoms with Crippen LogP contribution in [0.25, 0.3) is 0 Å². The summed E-state index contributed by atoms with van der Waals surface area (Å²) in [4.78, 5) is 3.65. The average molecular weight is 140 g/mol. The monoisotopic (exact) mass is 140 g/mol. The minimum atomic E-state index is 0.0473. The van der Waals surface area contributed by atoms with Crippen molar-refractivity contribution < 1.29 is 9.84 Å². The Morgan fingerprint density at radius 2 is 2.40 bits per heavy atom. The van der Waals surface area contributed by atoms with Crippen molar-refractivity contribution in [3.63, 3.8) is 0 Å². The van der Waals surface area contributed by atoms with Gasteiger partial charge in [0.2, 0.25) is 0 Å². The Kier molecular flexibility index (Phi) is 1.62. The zero-order valence-electron chi connectivity index (χ0n) is 5.53. The summed E-state index contributed by atoms with van der Waals surface area (Å²) in [5.41, 5.74) is 5.35. The molecular formula is C6H8N2O2. The number of anilines is 1. The van der Waals surface area contributed by atoms with Crippen LogP contribution in [0.2, 0.25) is 0 Å². The average Bonchev–Trinajstić information content (AvgIpc) is 1.94. The molecule has 0 aliphatic heterocycles. The van der Waals surface area contributed by atoms with Crippen molar-refractivity contribution in [1.82, 2.24) is 4.98 Å². The van der Waals surface area contributed by atoms with E-state index in [-0.39, 0.29) is 11.6 Å². The number of aromatic hydroxyl groups is 1. The van der Waals surface area contributed by atoms with Crippen LogP contribution in [-0.4, -0.2) is 17.2 Å². The van der Waals surface area contributed by atoms with Gasteiger partial charge in [0.25, 0.3) is 0 Å². The van der Waals surface area contributed by atoms with E-state index in [0.29, 0.717) is 5.75 Å². The van der Waals surface area contributed by atoms with Crippen molar-refractivity contribution in [2.45, 2.75) is 0 Å². The van der Waals surface area contributed by atoms with E-state index in [1.807, 2.05) is 0 Å². The number of nitrogen functional groups attached to an aromatic ring is 1. The van der Waals surface area contributed by atoms with E-state index < -0.39 is 0 Å². The summed E-state index contributed by atoms with van der Waals surface area (Å²) in [6, 6.07) is 1.41. The summed E-state index contributed by atoms with van der Waals surface area (Å²) < 4.78 is 4.78. The minimum absolute atomic E-state index is 0.0473. The normalized spacial score (nSPS) is 9.30. The molecule has 10 heavy (non-hydrogen) atoms. The summed E-state index contributed by atoms with van der Waals surface area (Å²) >= 11 is 0. The molecule has 54 valence electrons. The van der Waals surface area contributed by atoms with Crippen molar-refractivity contribution >= 4 is 5.82 Å². The number of pyridine rings is 1. The van der Waals surface area contributed by atoms with Crippen LogP contribution in [0.1, 0.15) is 0 Å². The zero-order chi connectivity index (χ0) is 7.56. The number of nitrogens with zero attached hydrogens (tertiary/aromatic N) is 1. The highest BCUT2D eigenvalue weighted by atomic mass is 16.5. The Hall–Kier alpha value is -1.45. The second kappa shape index (κ2) is 2.43. The van der Waals surface area contributed by atoms with Crippen molar-refractivity contribution in [3.8, 4) is 11.5 Å². The van der Waals surface area contributed by atoms with Crippen LogP contribution < -0.4 is 10.5 Å². The maximum atomic E-state index is 8.87. The van der Waals surface area contributed by atoms with Crippen molar-refractivity contribution in [3.05, 3.63) is 12.3 Å². The van der Waals surface area contributed by atoms with Gasteiger partial charge in [-0.05, 0) is 0 Å². The molecule has 0 fully saturated rings. The zero-order valence-corrected chi connectivity index (χ0v) is 5.53. The first kappa shape index (κ1) is 6.67. The summed E-state index contributed by atoms with van der Waals surface area (Å²) in [6.07, 6.45) is 1.26. The summed E-state index contributed by atoms with van der Waals surface area (Å²) in [7, 11) is 1.47. The summed E-state index contributed by atoms with van der Waals surface area (Å²) in [5, 5.41) is 8.87. The quantitative estimate of drug-likeness (QED) is 0.591. The lowest BCUT2D eigenvalue weighted by molar-refractivity contribution is 0.407. The molecule has 0 aromatic carbocycles. The molecule has 1 aromatic rings. The van der Waals surface area contributed by atoms with E-state index in [2.05, 4.69) is 4.98 Å². The highest BCUT2D eigenvalue weighted by molar-refractivity contribution is 5.48. The Morgan fingerprint density at radius 1 is 1.70 bits per heavy atom. The molecule has 0 unspecified atom stereocenters. The van der Waals surface area contributed by atoms with Gasteiger partial charge in [-0.25, -0.2) is 4.98 Å². The summed E-state index contributed by atoms with van der Waals surface area (Å²) in [5.74, 6) is 0.714. The molecule has 0 saturated carbocycles. The molecule has 0 aliphatic rings. The maximum absolute atomic E-state index is 8.87. The first-order valence-electron chi connectivity index (χ1n) is 2.72. The largest absolute Gasteiger partial charge is 0.506 e. The number of hydrogen-bond acceptors (Lipinski definition) is 4. The second-order valence-electron chi connectivity index (χ2n) is 1.78. The minimum Gasteiger partial charge on any atom is -0.506 e. The van der Waals surface area contributed by atoms with Gasteiger partial charge in [-0.3, -0.25) is 0 Å². The lowest BCUT2D eigenvalue weighted by Gasteiger charge is -2.01. The molecule has 0 radical (unpaired) electrons. The van der Waals surface area contributed by atoms with Gasteiger partial charge in [-0.2, -0.15) is 0 Å². The third-order valence-corrected chi connectivity index (χ3v) is 1.09. The third-order valence-electron chi connectivity index (χ3n) is 1.09. The Morgan fingerprint density at radius 3 is 2.90 bits per heavy atom. The Balaban J connectivity index is 3.09. The molecule has 0 atom stereocenters. The fourth-order valence-corrected chi connectivity index (χ4v) is 0.608. The molecule has 0 aliphatic carbocycles.